The predicted molar refractivity (Wildman–Crippen MR) is 93.1 cm³/mol. The van der Waals surface area contributed by atoms with E-state index in [1.54, 1.807) is 6.07 Å². The third-order valence-electron chi connectivity index (χ3n) is 3.73. The molecular weight excluding hydrogens is 304 g/mol. The van der Waals surface area contributed by atoms with E-state index in [4.69, 9.17) is 4.74 Å². The van der Waals surface area contributed by atoms with E-state index in [-0.39, 0.29) is 0 Å². The second kappa shape index (κ2) is 6.47. The minimum absolute atomic E-state index is 0.380. The van der Waals surface area contributed by atoms with Gasteiger partial charge in [0.25, 0.3) is 0 Å². The average molecular weight is 326 g/mol. The summed E-state index contributed by atoms with van der Waals surface area (Å²) in [6.07, 6.45) is 0.465. The van der Waals surface area contributed by atoms with Gasteiger partial charge in [0.2, 0.25) is 0 Å². The van der Waals surface area contributed by atoms with E-state index in [1.807, 2.05) is 26.8 Å². The number of nitrogens with zero attached hydrogens (tertiary/aromatic N) is 3. The highest BCUT2D eigenvalue weighted by Crippen LogP contribution is 2.23. The van der Waals surface area contributed by atoms with E-state index in [0.29, 0.717) is 5.82 Å². The molecule has 3 rings (SSSR count). The van der Waals surface area contributed by atoms with Crippen LogP contribution in [0.25, 0.3) is 0 Å². The van der Waals surface area contributed by atoms with Crippen molar-refractivity contribution in [3.63, 3.8) is 0 Å². The standard InChI is InChI=1S/C18H22N4O2/c1-18(2,3)24-17(23)19-15-8-9-16(21-20-15)22-11-10-13-6-4-5-7-14(13)12-22/h4-9H,10-12H2,1-3H3,(H,19,20,23). The minimum atomic E-state index is -0.543. The first-order valence-corrected chi connectivity index (χ1v) is 8.06. The summed E-state index contributed by atoms with van der Waals surface area (Å²) in [7, 11) is 0. The van der Waals surface area contributed by atoms with E-state index >= 15 is 0 Å². The number of hydrogen-bond acceptors (Lipinski definition) is 5. The van der Waals surface area contributed by atoms with Crippen molar-refractivity contribution in [1.82, 2.24) is 10.2 Å². The lowest BCUT2D eigenvalue weighted by atomic mass is 10.00. The quantitative estimate of drug-likeness (QED) is 0.916. The van der Waals surface area contributed by atoms with Gasteiger partial charge in [-0.2, -0.15) is 0 Å². The zero-order valence-corrected chi connectivity index (χ0v) is 14.2. The lowest BCUT2D eigenvalue weighted by molar-refractivity contribution is 0.0635. The van der Waals surface area contributed by atoms with Gasteiger partial charge in [0.1, 0.15) is 5.60 Å². The molecule has 6 nitrogen and oxygen atoms in total. The van der Waals surface area contributed by atoms with Gasteiger partial charge in [-0.25, -0.2) is 4.79 Å². The molecule has 0 saturated carbocycles. The number of amides is 1. The normalized spacial score (nSPS) is 14.0. The molecule has 1 aromatic carbocycles. The molecule has 1 aliphatic rings. The van der Waals surface area contributed by atoms with E-state index in [1.165, 1.54) is 11.1 Å². The van der Waals surface area contributed by atoms with Crippen molar-refractivity contribution >= 4 is 17.7 Å². The summed E-state index contributed by atoms with van der Waals surface area (Å²) in [6.45, 7) is 7.18. The number of anilines is 2. The number of ether oxygens (including phenoxy) is 1. The molecule has 24 heavy (non-hydrogen) atoms. The van der Waals surface area contributed by atoms with Crippen LogP contribution in [0.3, 0.4) is 0 Å². The highest BCUT2D eigenvalue weighted by molar-refractivity contribution is 5.83. The first-order valence-electron chi connectivity index (χ1n) is 8.06. The monoisotopic (exact) mass is 326 g/mol. The first-order chi connectivity index (χ1) is 11.4. The fourth-order valence-corrected chi connectivity index (χ4v) is 2.66. The van der Waals surface area contributed by atoms with Gasteiger partial charge in [-0.3, -0.25) is 5.32 Å². The molecule has 6 heteroatoms. The third-order valence-corrected chi connectivity index (χ3v) is 3.73. The van der Waals surface area contributed by atoms with Crippen LogP contribution in [-0.4, -0.2) is 28.4 Å². The number of fused-ring (bicyclic) bond motifs is 1. The van der Waals surface area contributed by atoms with Crippen LogP contribution in [0.4, 0.5) is 16.4 Å². The fraction of sp³-hybridized carbons (Fsp3) is 0.389. The molecular formula is C18H22N4O2. The van der Waals surface area contributed by atoms with Crippen LogP contribution in [0, 0.1) is 0 Å². The number of nitrogens with one attached hydrogen (secondary N) is 1. The largest absolute Gasteiger partial charge is 0.444 e. The molecule has 2 heterocycles. The Morgan fingerprint density at radius 2 is 1.88 bits per heavy atom. The Morgan fingerprint density at radius 1 is 1.12 bits per heavy atom. The van der Waals surface area contributed by atoms with E-state index < -0.39 is 11.7 Å². The maximum Gasteiger partial charge on any atom is 0.413 e. The van der Waals surface area contributed by atoms with E-state index in [9.17, 15) is 4.79 Å². The van der Waals surface area contributed by atoms with Crippen molar-refractivity contribution in [3.8, 4) is 0 Å². The zero-order valence-electron chi connectivity index (χ0n) is 14.2. The Morgan fingerprint density at radius 3 is 2.54 bits per heavy atom. The third kappa shape index (κ3) is 4.01. The van der Waals surface area contributed by atoms with Crippen molar-refractivity contribution in [2.75, 3.05) is 16.8 Å². The van der Waals surface area contributed by atoms with Gasteiger partial charge in [-0.05, 0) is 50.5 Å². The fourth-order valence-electron chi connectivity index (χ4n) is 2.66. The summed E-state index contributed by atoms with van der Waals surface area (Å²) in [6, 6.07) is 12.1. The van der Waals surface area contributed by atoms with Crippen LogP contribution in [0.2, 0.25) is 0 Å². The topological polar surface area (TPSA) is 67.3 Å². The number of aromatic nitrogens is 2. The van der Waals surface area contributed by atoms with Crippen molar-refractivity contribution in [1.29, 1.82) is 0 Å². The maximum absolute atomic E-state index is 11.7. The summed E-state index contributed by atoms with van der Waals surface area (Å²) >= 11 is 0. The Balaban J connectivity index is 1.64. The zero-order chi connectivity index (χ0) is 17.2. The Kier molecular flexibility index (Phi) is 4.38. The highest BCUT2D eigenvalue weighted by Gasteiger charge is 2.19. The number of hydrogen-bond donors (Lipinski definition) is 1. The van der Waals surface area contributed by atoms with Gasteiger partial charge in [0, 0.05) is 13.1 Å². The summed E-state index contributed by atoms with van der Waals surface area (Å²) in [5.41, 5.74) is 2.17. The Hall–Kier alpha value is -2.63. The van der Waals surface area contributed by atoms with Crippen LogP contribution >= 0.6 is 0 Å². The lowest BCUT2D eigenvalue weighted by Gasteiger charge is -2.29. The second-order valence-corrected chi connectivity index (χ2v) is 6.84. The van der Waals surface area contributed by atoms with Crippen molar-refractivity contribution in [2.24, 2.45) is 0 Å². The van der Waals surface area contributed by atoms with Gasteiger partial charge >= 0.3 is 6.09 Å². The van der Waals surface area contributed by atoms with E-state index in [2.05, 4.69) is 44.7 Å². The van der Waals surface area contributed by atoms with Gasteiger partial charge < -0.3 is 9.64 Å². The summed E-state index contributed by atoms with van der Waals surface area (Å²) in [5, 5.41) is 10.9. The van der Waals surface area contributed by atoms with Crippen molar-refractivity contribution in [3.05, 3.63) is 47.5 Å². The molecule has 0 fully saturated rings. The smallest absolute Gasteiger partial charge is 0.413 e. The first kappa shape index (κ1) is 16.2. The van der Waals surface area contributed by atoms with Crippen LogP contribution in [-0.2, 0) is 17.7 Å². The van der Waals surface area contributed by atoms with Crippen LogP contribution in [0.5, 0.6) is 0 Å². The molecule has 1 N–H and O–H groups in total. The predicted octanol–water partition coefficient (Wildman–Crippen LogP) is 3.39. The molecule has 1 amide bonds. The number of carbonyl (C=O) groups is 1. The molecule has 1 aromatic heterocycles. The molecule has 0 saturated heterocycles. The molecule has 0 radical (unpaired) electrons. The Bertz CT molecular complexity index is 723. The molecule has 2 aromatic rings. The van der Waals surface area contributed by atoms with Crippen LogP contribution < -0.4 is 10.2 Å². The summed E-state index contributed by atoms with van der Waals surface area (Å²) in [4.78, 5) is 13.9. The summed E-state index contributed by atoms with van der Waals surface area (Å²) in [5.74, 6) is 1.18. The van der Waals surface area contributed by atoms with Crippen LogP contribution in [0.15, 0.2) is 36.4 Å². The molecule has 0 spiro atoms. The van der Waals surface area contributed by atoms with Crippen molar-refractivity contribution in [2.45, 2.75) is 39.3 Å². The molecule has 0 bridgehead atoms. The van der Waals surface area contributed by atoms with Gasteiger partial charge in [-0.15, -0.1) is 10.2 Å². The van der Waals surface area contributed by atoms with Gasteiger partial charge in [0.05, 0.1) is 0 Å². The average Bonchev–Trinajstić information content (AvgIpc) is 2.53. The number of benzene rings is 1. The molecule has 0 atom stereocenters. The molecule has 126 valence electrons. The Labute approximate surface area is 141 Å². The molecule has 0 unspecified atom stereocenters. The van der Waals surface area contributed by atoms with Crippen molar-refractivity contribution < 1.29 is 9.53 Å². The number of carbonyl (C=O) groups excluding carboxylic acids is 1. The highest BCUT2D eigenvalue weighted by atomic mass is 16.6. The van der Waals surface area contributed by atoms with Crippen LogP contribution in [0.1, 0.15) is 31.9 Å². The maximum atomic E-state index is 11.7. The summed E-state index contributed by atoms with van der Waals surface area (Å²) < 4.78 is 5.20. The molecule has 1 aliphatic heterocycles. The SMILES string of the molecule is CC(C)(C)OC(=O)Nc1ccc(N2CCc3ccccc3C2)nn1. The molecule has 0 aliphatic carbocycles. The van der Waals surface area contributed by atoms with Gasteiger partial charge in [-0.1, -0.05) is 24.3 Å². The number of rotatable bonds is 2. The second-order valence-electron chi connectivity index (χ2n) is 6.84. The lowest BCUT2D eigenvalue weighted by Crippen LogP contribution is -2.31. The van der Waals surface area contributed by atoms with Gasteiger partial charge in [0.15, 0.2) is 11.6 Å². The van der Waals surface area contributed by atoms with E-state index in [0.717, 1.165) is 25.3 Å². The minimum Gasteiger partial charge on any atom is -0.444 e.